The summed E-state index contributed by atoms with van der Waals surface area (Å²) in [6, 6.07) is 0. The fourth-order valence-electron chi connectivity index (χ4n) is 3.29. The third-order valence-corrected chi connectivity index (χ3v) is 4.47. The number of hydrogen-bond donors (Lipinski definition) is 0. The Morgan fingerprint density at radius 3 is 2.38 bits per heavy atom. The van der Waals surface area contributed by atoms with Crippen molar-refractivity contribution in [1.29, 1.82) is 0 Å². The zero-order valence-electron chi connectivity index (χ0n) is 10.8. The molecule has 0 N–H and O–H groups in total. The fraction of sp³-hybridized carbons (Fsp3) is 0.929. The minimum atomic E-state index is 0.229. The molecule has 0 spiro atoms. The number of piperidine rings is 1. The van der Waals surface area contributed by atoms with E-state index in [2.05, 4.69) is 18.7 Å². The third kappa shape index (κ3) is 2.41. The van der Waals surface area contributed by atoms with Crippen LogP contribution in [0.5, 0.6) is 0 Å². The van der Waals surface area contributed by atoms with Gasteiger partial charge in [-0.1, -0.05) is 26.7 Å². The molecule has 0 aromatic carbocycles. The second kappa shape index (κ2) is 4.77. The van der Waals surface area contributed by atoms with Gasteiger partial charge in [-0.25, -0.2) is 0 Å². The van der Waals surface area contributed by atoms with Gasteiger partial charge in [0.05, 0.1) is 0 Å². The normalized spacial score (nSPS) is 30.1. The molecule has 1 amide bonds. The van der Waals surface area contributed by atoms with Crippen molar-refractivity contribution in [3.8, 4) is 0 Å². The van der Waals surface area contributed by atoms with Gasteiger partial charge < -0.3 is 4.90 Å². The molecule has 0 bridgehead atoms. The smallest absolute Gasteiger partial charge is 0.226 e. The highest BCUT2D eigenvalue weighted by molar-refractivity contribution is 5.79. The van der Waals surface area contributed by atoms with Crippen molar-refractivity contribution in [1.82, 2.24) is 4.90 Å². The number of hydrogen-bond acceptors (Lipinski definition) is 1. The molecule has 1 aliphatic heterocycles. The molecule has 0 aromatic rings. The number of rotatable bonds is 1. The predicted molar refractivity (Wildman–Crippen MR) is 66.2 cm³/mol. The number of carbonyl (C=O) groups is 1. The van der Waals surface area contributed by atoms with Gasteiger partial charge in [0, 0.05) is 19.0 Å². The van der Waals surface area contributed by atoms with E-state index in [4.69, 9.17) is 0 Å². The molecule has 2 rings (SSSR count). The molecular formula is C14H25NO. The molecule has 1 saturated heterocycles. The molecule has 1 heterocycles. The van der Waals surface area contributed by atoms with Gasteiger partial charge in [0.1, 0.15) is 0 Å². The van der Waals surface area contributed by atoms with Gasteiger partial charge >= 0.3 is 0 Å². The Hall–Kier alpha value is -0.530. The second-order valence-corrected chi connectivity index (χ2v) is 6.17. The maximum atomic E-state index is 12.5. The van der Waals surface area contributed by atoms with E-state index in [0.29, 0.717) is 11.8 Å². The van der Waals surface area contributed by atoms with E-state index in [1.807, 2.05) is 0 Å². The molecular weight excluding hydrogens is 198 g/mol. The van der Waals surface area contributed by atoms with Crippen molar-refractivity contribution in [2.24, 2.45) is 11.3 Å². The summed E-state index contributed by atoms with van der Waals surface area (Å²) in [5.74, 6) is 0.740. The SMILES string of the molecule is CC1(C)CCCCC1C(=O)N1CCCCC1. The first-order chi connectivity index (χ1) is 7.61. The van der Waals surface area contributed by atoms with Crippen LogP contribution in [0, 0.1) is 11.3 Å². The summed E-state index contributed by atoms with van der Waals surface area (Å²) in [5.41, 5.74) is 0.229. The molecule has 2 aliphatic rings. The molecule has 1 saturated carbocycles. The standard InChI is InChI=1S/C14H25NO/c1-14(2)9-5-4-8-12(14)13(16)15-10-6-3-7-11-15/h12H,3-11H2,1-2H3. The quantitative estimate of drug-likeness (QED) is 0.668. The van der Waals surface area contributed by atoms with Crippen LogP contribution in [0.4, 0.5) is 0 Å². The fourth-order valence-corrected chi connectivity index (χ4v) is 3.29. The molecule has 0 radical (unpaired) electrons. The molecule has 0 aromatic heterocycles. The molecule has 1 unspecified atom stereocenters. The molecule has 2 fully saturated rings. The average Bonchev–Trinajstić information content (AvgIpc) is 2.29. The summed E-state index contributed by atoms with van der Waals surface area (Å²) >= 11 is 0. The van der Waals surface area contributed by atoms with Crippen molar-refractivity contribution in [3.05, 3.63) is 0 Å². The Morgan fingerprint density at radius 2 is 1.75 bits per heavy atom. The van der Waals surface area contributed by atoms with E-state index < -0.39 is 0 Å². The first kappa shape index (κ1) is 11.9. The number of likely N-dealkylation sites (tertiary alicyclic amines) is 1. The van der Waals surface area contributed by atoms with E-state index >= 15 is 0 Å². The largest absolute Gasteiger partial charge is 0.342 e. The van der Waals surface area contributed by atoms with Gasteiger partial charge in [0.25, 0.3) is 0 Å². The molecule has 92 valence electrons. The van der Waals surface area contributed by atoms with Gasteiger partial charge in [-0.05, 0) is 37.5 Å². The molecule has 1 atom stereocenters. The highest BCUT2D eigenvalue weighted by atomic mass is 16.2. The first-order valence-corrected chi connectivity index (χ1v) is 6.90. The topological polar surface area (TPSA) is 20.3 Å². The zero-order chi connectivity index (χ0) is 11.6. The Labute approximate surface area is 99.4 Å². The van der Waals surface area contributed by atoms with Gasteiger partial charge in [0.2, 0.25) is 5.91 Å². The Balaban J connectivity index is 2.01. The van der Waals surface area contributed by atoms with E-state index in [1.165, 1.54) is 38.5 Å². The number of nitrogens with zero attached hydrogens (tertiary/aromatic N) is 1. The van der Waals surface area contributed by atoms with Crippen molar-refractivity contribution in [2.45, 2.75) is 58.8 Å². The van der Waals surface area contributed by atoms with Crippen LogP contribution in [0.15, 0.2) is 0 Å². The molecule has 16 heavy (non-hydrogen) atoms. The van der Waals surface area contributed by atoms with Crippen LogP contribution < -0.4 is 0 Å². The molecule has 2 nitrogen and oxygen atoms in total. The first-order valence-electron chi connectivity index (χ1n) is 6.90. The summed E-state index contributed by atoms with van der Waals surface area (Å²) in [6.07, 6.45) is 8.60. The van der Waals surface area contributed by atoms with E-state index in [9.17, 15) is 4.79 Å². The van der Waals surface area contributed by atoms with Crippen molar-refractivity contribution >= 4 is 5.91 Å². The van der Waals surface area contributed by atoms with E-state index in [0.717, 1.165) is 19.5 Å². The Bertz CT molecular complexity index is 253. The lowest BCUT2D eigenvalue weighted by Gasteiger charge is -2.41. The lowest BCUT2D eigenvalue weighted by atomic mass is 9.68. The summed E-state index contributed by atoms with van der Waals surface area (Å²) in [6.45, 7) is 6.56. The predicted octanol–water partition coefficient (Wildman–Crippen LogP) is 3.22. The summed E-state index contributed by atoms with van der Waals surface area (Å²) in [4.78, 5) is 14.6. The number of amides is 1. The van der Waals surface area contributed by atoms with Gasteiger partial charge in [-0.2, -0.15) is 0 Å². The minimum Gasteiger partial charge on any atom is -0.342 e. The lowest BCUT2D eigenvalue weighted by Crippen LogP contribution is -2.45. The van der Waals surface area contributed by atoms with Crippen molar-refractivity contribution < 1.29 is 4.79 Å². The second-order valence-electron chi connectivity index (χ2n) is 6.17. The third-order valence-electron chi connectivity index (χ3n) is 4.47. The highest BCUT2D eigenvalue weighted by Crippen LogP contribution is 2.41. The van der Waals surface area contributed by atoms with Gasteiger partial charge in [-0.3, -0.25) is 4.79 Å². The van der Waals surface area contributed by atoms with Crippen molar-refractivity contribution in [3.63, 3.8) is 0 Å². The van der Waals surface area contributed by atoms with Crippen LogP contribution in [0.25, 0.3) is 0 Å². The zero-order valence-corrected chi connectivity index (χ0v) is 10.8. The highest BCUT2D eigenvalue weighted by Gasteiger charge is 2.39. The van der Waals surface area contributed by atoms with Crippen LogP contribution in [0.1, 0.15) is 58.8 Å². The van der Waals surface area contributed by atoms with Gasteiger partial charge in [0.15, 0.2) is 0 Å². The van der Waals surface area contributed by atoms with Crippen LogP contribution in [0.2, 0.25) is 0 Å². The van der Waals surface area contributed by atoms with Crippen molar-refractivity contribution in [2.75, 3.05) is 13.1 Å². The minimum absolute atomic E-state index is 0.229. The van der Waals surface area contributed by atoms with Crippen LogP contribution >= 0.6 is 0 Å². The molecule has 1 aliphatic carbocycles. The van der Waals surface area contributed by atoms with Crippen LogP contribution in [-0.4, -0.2) is 23.9 Å². The summed E-state index contributed by atoms with van der Waals surface area (Å²) in [5, 5.41) is 0. The summed E-state index contributed by atoms with van der Waals surface area (Å²) in [7, 11) is 0. The maximum Gasteiger partial charge on any atom is 0.226 e. The Kier molecular flexibility index (Phi) is 3.56. The van der Waals surface area contributed by atoms with Crippen LogP contribution in [0.3, 0.4) is 0 Å². The lowest BCUT2D eigenvalue weighted by molar-refractivity contribution is -0.142. The Morgan fingerprint density at radius 1 is 1.06 bits per heavy atom. The average molecular weight is 223 g/mol. The van der Waals surface area contributed by atoms with Gasteiger partial charge in [-0.15, -0.1) is 0 Å². The maximum absolute atomic E-state index is 12.5. The number of carbonyl (C=O) groups excluding carboxylic acids is 1. The monoisotopic (exact) mass is 223 g/mol. The van der Waals surface area contributed by atoms with E-state index in [-0.39, 0.29) is 5.41 Å². The summed E-state index contributed by atoms with van der Waals surface area (Å²) < 4.78 is 0. The molecule has 2 heteroatoms. The van der Waals surface area contributed by atoms with Crippen LogP contribution in [-0.2, 0) is 4.79 Å². The van der Waals surface area contributed by atoms with E-state index in [1.54, 1.807) is 0 Å².